The third-order valence-electron chi connectivity index (χ3n) is 2.67. The van der Waals surface area contributed by atoms with Crippen LogP contribution in [0.25, 0.3) is 0 Å². The lowest BCUT2D eigenvalue weighted by molar-refractivity contribution is -0.137. The van der Waals surface area contributed by atoms with Gasteiger partial charge in [-0.3, -0.25) is 19.8 Å². The Morgan fingerprint density at radius 2 is 1.80 bits per heavy atom. The maximum atomic E-state index is 12.0. The van der Waals surface area contributed by atoms with Crippen LogP contribution in [0, 0.1) is 0 Å². The first kappa shape index (κ1) is 15.7. The van der Waals surface area contributed by atoms with E-state index in [2.05, 4.69) is 5.32 Å². The van der Waals surface area contributed by atoms with Gasteiger partial charge in [-0.2, -0.15) is 0 Å². The lowest BCUT2D eigenvalue weighted by atomic mass is 10.2. The molecule has 6 nitrogen and oxygen atoms in total. The molecule has 0 spiro atoms. The molecule has 0 bridgehead atoms. The molecule has 0 radical (unpaired) electrons. The van der Waals surface area contributed by atoms with Crippen LogP contribution in [0.1, 0.15) is 26.2 Å². The average molecular weight is 278 g/mol. The molecule has 0 aliphatic rings. The van der Waals surface area contributed by atoms with Crippen LogP contribution in [-0.2, 0) is 9.59 Å². The largest absolute Gasteiger partial charge is 0.481 e. The summed E-state index contributed by atoms with van der Waals surface area (Å²) in [6.07, 6.45) is 0.147. The number of carboxylic acids is 1. The maximum absolute atomic E-state index is 12.0. The first-order chi connectivity index (χ1) is 9.54. The molecule has 0 heterocycles. The van der Waals surface area contributed by atoms with Gasteiger partial charge in [-0.05, 0) is 25.5 Å². The van der Waals surface area contributed by atoms with Gasteiger partial charge in [0.15, 0.2) is 0 Å². The Morgan fingerprint density at radius 3 is 2.35 bits per heavy atom. The second kappa shape index (κ2) is 7.93. The lowest BCUT2D eigenvalue weighted by Gasteiger charge is -2.20. The predicted octanol–water partition coefficient (Wildman–Crippen LogP) is 2.00. The number of benzene rings is 1. The van der Waals surface area contributed by atoms with Crippen molar-refractivity contribution in [3.8, 4) is 0 Å². The summed E-state index contributed by atoms with van der Waals surface area (Å²) in [4.78, 5) is 35.3. The molecule has 0 saturated carbocycles. The fourth-order valence-electron chi connectivity index (χ4n) is 1.70. The minimum Gasteiger partial charge on any atom is -0.481 e. The van der Waals surface area contributed by atoms with E-state index in [4.69, 9.17) is 5.11 Å². The monoisotopic (exact) mass is 278 g/mol. The number of hydrogen-bond donors (Lipinski definition) is 2. The summed E-state index contributed by atoms with van der Waals surface area (Å²) >= 11 is 0. The molecule has 0 saturated heterocycles. The summed E-state index contributed by atoms with van der Waals surface area (Å²) < 4.78 is 0. The maximum Gasteiger partial charge on any atom is 0.328 e. The Morgan fingerprint density at radius 1 is 1.15 bits per heavy atom. The van der Waals surface area contributed by atoms with Crippen molar-refractivity contribution in [1.29, 1.82) is 0 Å². The van der Waals surface area contributed by atoms with Crippen LogP contribution in [0.15, 0.2) is 30.3 Å². The fourth-order valence-corrected chi connectivity index (χ4v) is 1.70. The Bertz CT molecular complexity index is 473. The van der Waals surface area contributed by atoms with Gasteiger partial charge in [0.05, 0.1) is 0 Å². The van der Waals surface area contributed by atoms with Crippen LogP contribution in [0.4, 0.5) is 10.5 Å². The van der Waals surface area contributed by atoms with Crippen LogP contribution in [0.3, 0.4) is 0 Å². The molecule has 6 heteroatoms. The first-order valence-corrected chi connectivity index (χ1v) is 6.42. The number of carboxylic acid groups (broad SMARTS) is 1. The third-order valence-corrected chi connectivity index (χ3v) is 2.67. The van der Waals surface area contributed by atoms with Gasteiger partial charge in [0.1, 0.15) is 0 Å². The van der Waals surface area contributed by atoms with Gasteiger partial charge in [-0.25, -0.2) is 4.79 Å². The highest BCUT2D eigenvalue weighted by atomic mass is 16.4. The van der Waals surface area contributed by atoms with Gasteiger partial charge in [-0.15, -0.1) is 0 Å². The van der Waals surface area contributed by atoms with Crippen molar-refractivity contribution in [3.63, 3.8) is 0 Å². The molecule has 0 unspecified atom stereocenters. The zero-order chi connectivity index (χ0) is 15.0. The molecule has 1 aromatic rings. The second-order valence-electron chi connectivity index (χ2n) is 4.18. The molecule has 108 valence electrons. The molecule has 1 rings (SSSR count). The highest BCUT2D eigenvalue weighted by Crippen LogP contribution is 2.12. The van der Waals surface area contributed by atoms with Gasteiger partial charge in [0.2, 0.25) is 5.91 Å². The summed E-state index contributed by atoms with van der Waals surface area (Å²) in [5.41, 5.74) is 0.700. The van der Waals surface area contributed by atoms with E-state index < -0.39 is 17.9 Å². The molecule has 0 aromatic heterocycles. The Labute approximate surface area is 117 Å². The second-order valence-corrected chi connectivity index (χ2v) is 4.18. The SMILES string of the molecule is CCN(C(=O)NC(=O)CCCC(=O)O)c1ccccc1. The van der Waals surface area contributed by atoms with Gasteiger partial charge >= 0.3 is 12.0 Å². The fraction of sp³-hybridized carbons (Fsp3) is 0.357. The minimum absolute atomic E-state index is 0.0182. The zero-order valence-electron chi connectivity index (χ0n) is 11.3. The third kappa shape index (κ3) is 5.09. The highest BCUT2D eigenvalue weighted by Gasteiger charge is 2.16. The number of urea groups is 1. The average Bonchev–Trinajstić information content (AvgIpc) is 2.40. The van der Waals surface area contributed by atoms with Crippen LogP contribution in [0.5, 0.6) is 0 Å². The van der Waals surface area contributed by atoms with Crippen LogP contribution >= 0.6 is 0 Å². The molecule has 0 atom stereocenters. The highest BCUT2D eigenvalue weighted by molar-refractivity contribution is 6.02. The van der Waals surface area contributed by atoms with Crippen molar-refractivity contribution in [1.82, 2.24) is 5.32 Å². The van der Waals surface area contributed by atoms with E-state index in [1.165, 1.54) is 4.90 Å². The number of nitrogens with one attached hydrogen (secondary N) is 1. The smallest absolute Gasteiger partial charge is 0.328 e. The molecular weight excluding hydrogens is 260 g/mol. The van der Waals surface area contributed by atoms with E-state index in [0.29, 0.717) is 12.2 Å². The van der Waals surface area contributed by atoms with Gasteiger partial charge < -0.3 is 5.11 Å². The molecule has 20 heavy (non-hydrogen) atoms. The van der Waals surface area contributed by atoms with E-state index in [-0.39, 0.29) is 19.3 Å². The van der Waals surface area contributed by atoms with E-state index in [1.54, 1.807) is 24.3 Å². The quantitative estimate of drug-likeness (QED) is 0.833. The Hall–Kier alpha value is -2.37. The van der Waals surface area contributed by atoms with Crippen molar-refractivity contribution < 1.29 is 19.5 Å². The molecule has 0 aliphatic carbocycles. The van der Waals surface area contributed by atoms with Crippen LogP contribution in [0.2, 0.25) is 0 Å². The number of aliphatic carboxylic acids is 1. The van der Waals surface area contributed by atoms with E-state index in [0.717, 1.165) is 0 Å². The summed E-state index contributed by atoms with van der Waals surface area (Å²) in [6, 6.07) is 8.50. The molecular formula is C14H18N2O4. The van der Waals surface area contributed by atoms with Crippen LogP contribution in [-0.4, -0.2) is 29.6 Å². The standard InChI is InChI=1S/C14H18N2O4/c1-2-16(11-7-4-3-5-8-11)14(20)15-12(17)9-6-10-13(18)19/h3-5,7-8H,2,6,9-10H2,1H3,(H,18,19)(H,15,17,20). The summed E-state index contributed by atoms with van der Waals surface area (Å²) in [5.74, 6) is -1.42. The zero-order valence-corrected chi connectivity index (χ0v) is 11.3. The molecule has 3 amide bonds. The minimum atomic E-state index is -0.955. The lowest BCUT2D eigenvalue weighted by Crippen LogP contribution is -2.42. The number of carbonyl (C=O) groups is 3. The van der Waals surface area contributed by atoms with Crippen LogP contribution < -0.4 is 10.2 Å². The number of rotatable bonds is 6. The summed E-state index contributed by atoms with van der Waals surface area (Å²) in [5, 5.41) is 10.7. The van der Waals surface area contributed by atoms with Crippen molar-refractivity contribution in [2.45, 2.75) is 26.2 Å². The number of para-hydroxylation sites is 1. The van der Waals surface area contributed by atoms with E-state index in [9.17, 15) is 14.4 Å². The molecule has 0 fully saturated rings. The summed E-state index contributed by atoms with van der Waals surface area (Å²) in [7, 11) is 0. The molecule has 1 aromatic carbocycles. The number of anilines is 1. The Kier molecular flexibility index (Phi) is 6.22. The molecule has 2 N–H and O–H groups in total. The summed E-state index contributed by atoms with van der Waals surface area (Å²) in [6.45, 7) is 2.24. The number of imide groups is 1. The van der Waals surface area contributed by atoms with Crippen molar-refractivity contribution in [2.24, 2.45) is 0 Å². The normalized spacial score (nSPS) is 9.85. The van der Waals surface area contributed by atoms with Crippen molar-refractivity contribution in [3.05, 3.63) is 30.3 Å². The first-order valence-electron chi connectivity index (χ1n) is 6.42. The number of nitrogens with zero attached hydrogens (tertiary/aromatic N) is 1. The van der Waals surface area contributed by atoms with E-state index >= 15 is 0 Å². The van der Waals surface area contributed by atoms with Gasteiger partial charge in [0, 0.05) is 25.1 Å². The topological polar surface area (TPSA) is 86.7 Å². The predicted molar refractivity (Wildman–Crippen MR) is 74.5 cm³/mol. The van der Waals surface area contributed by atoms with E-state index in [1.807, 2.05) is 13.0 Å². The molecule has 0 aliphatic heterocycles. The number of carbonyl (C=O) groups excluding carboxylic acids is 2. The van der Waals surface area contributed by atoms with Crippen molar-refractivity contribution >= 4 is 23.6 Å². The van der Waals surface area contributed by atoms with Gasteiger partial charge in [-0.1, -0.05) is 18.2 Å². The Balaban J connectivity index is 2.51. The number of hydrogen-bond acceptors (Lipinski definition) is 3. The number of amides is 3. The van der Waals surface area contributed by atoms with Crippen molar-refractivity contribution in [2.75, 3.05) is 11.4 Å². The van der Waals surface area contributed by atoms with Gasteiger partial charge in [0.25, 0.3) is 0 Å².